The standard InChI is InChI=1S/C19H17N3O2/c1-11-8-15(12(2)23)17-16(9-11)19(24)22(3)18(21-17)14-6-4-13(10-20)5-7-14/h4-9,12,23H,1-3H3. The number of nitriles is 1. The minimum Gasteiger partial charge on any atom is -0.389 e. The molecule has 0 spiro atoms. The molecule has 2 aromatic carbocycles. The second-order valence-corrected chi connectivity index (χ2v) is 5.92. The number of aliphatic hydroxyl groups is 1. The van der Waals surface area contributed by atoms with Gasteiger partial charge in [-0.2, -0.15) is 5.26 Å². The van der Waals surface area contributed by atoms with E-state index in [4.69, 9.17) is 5.26 Å². The van der Waals surface area contributed by atoms with E-state index in [-0.39, 0.29) is 5.56 Å². The molecule has 3 aromatic rings. The zero-order valence-corrected chi connectivity index (χ0v) is 13.7. The van der Waals surface area contributed by atoms with Crippen LogP contribution in [0.25, 0.3) is 22.3 Å². The van der Waals surface area contributed by atoms with E-state index in [9.17, 15) is 9.90 Å². The van der Waals surface area contributed by atoms with E-state index in [0.29, 0.717) is 27.9 Å². The second kappa shape index (κ2) is 5.91. The number of hydrogen-bond donors (Lipinski definition) is 1. The van der Waals surface area contributed by atoms with Crippen LogP contribution in [0.4, 0.5) is 0 Å². The minimum atomic E-state index is -0.721. The third-order valence-corrected chi connectivity index (χ3v) is 4.08. The molecule has 1 unspecified atom stereocenters. The van der Waals surface area contributed by atoms with Crippen LogP contribution >= 0.6 is 0 Å². The first kappa shape index (κ1) is 15.9. The lowest BCUT2D eigenvalue weighted by atomic mass is 10.0. The quantitative estimate of drug-likeness (QED) is 0.788. The Kier molecular flexibility index (Phi) is 3.92. The molecule has 0 radical (unpaired) electrons. The molecule has 5 nitrogen and oxygen atoms in total. The average molecular weight is 319 g/mol. The molecule has 3 rings (SSSR count). The number of benzene rings is 2. The fourth-order valence-corrected chi connectivity index (χ4v) is 2.82. The summed E-state index contributed by atoms with van der Waals surface area (Å²) >= 11 is 0. The highest BCUT2D eigenvalue weighted by molar-refractivity contribution is 5.84. The molecule has 24 heavy (non-hydrogen) atoms. The van der Waals surface area contributed by atoms with Crippen LogP contribution in [-0.2, 0) is 7.05 Å². The Morgan fingerprint density at radius 2 is 1.92 bits per heavy atom. The maximum Gasteiger partial charge on any atom is 0.261 e. The Balaban J connectivity index is 2.36. The molecule has 0 saturated heterocycles. The van der Waals surface area contributed by atoms with Gasteiger partial charge in [0.15, 0.2) is 0 Å². The van der Waals surface area contributed by atoms with Gasteiger partial charge in [0.25, 0.3) is 5.56 Å². The number of nitrogens with zero attached hydrogens (tertiary/aromatic N) is 3. The first-order chi connectivity index (χ1) is 11.4. The number of hydrogen-bond acceptors (Lipinski definition) is 4. The zero-order chi connectivity index (χ0) is 17.4. The summed E-state index contributed by atoms with van der Waals surface area (Å²) in [6, 6.07) is 12.6. The Morgan fingerprint density at radius 3 is 2.50 bits per heavy atom. The van der Waals surface area contributed by atoms with E-state index in [1.165, 1.54) is 4.57 Å². The van der Waals surface area contributed by atoms with Gasteiger partial charge in [0.2, 0.25) is 0 Å². The summed E-state index contributed by atoms with van der Waals surface area (Å²) in [7, 11) is 1.67. The largest absolute Gasteiger partial charge is 0.389 e. The third-order valence-electron chi connectivity index (χ3n) is 4.08. The first-order valence-corrected chi connectivity index (χ1v) is 7.62. The lowest BCUT2D eigenvalue weighted by molar-refractivity contribution is 0.200. The van der Waals surface area contributed by atoms with Gasteiger partial charge in [0.05, 0.1) is 28.6 Å². The highest BCUT2D eigenvalue weighted by Crippen LogP contribution is 2.25. The Labute approximate surface area is 139 Å². The predicted octanol–water partition coefficient (Wildman–Crippen LogP) is 2.83. The van der Waals surface area contributed by atoms with Crippen LogP contribution in [0.15, 0.2) is 41.2 Å². The van der Waals surface area contributed by atoms with E-state index in [1.54, 1.807) is 44.3 Å². The van der Waals surface area contributed by atoms with E-state index < -0.39 is 6.10 Å². The molecule has 1 N–H and O–H groups in total. The van der Waals surface area contributed by atoms with Crippen molar-refractivity contribution in [2.24, 2.45) is 7.05 Å². The molecule has 1 aromatic heterocycles. The summed E-state index contributed by atoms with van der Waals surface area (Å²) in [5.74, 6) is 0.503. The van der Waals surface area contributed by atoms with Gasteiger partial charge in [0, 0.05) is 18.2 Å². The summed E-state index contributed by atoms with van der Waals surface area (Å²) in [6.45, 7) is 3.55. The van der Waals surface area contributed by atoms with Crippen LogP contribution in [-0.4, -0.2) is 14.7 Å². The number of aryl methyl sites for hydroxylation is 1. The van der Waals surface area contributed by atoms with Gasteiger partial charge >= 0.3 is 0 Å². The normalized spacial score (nSPS) is 12.1. The lowest BCUT2D eigenvalue weighted by Gasteiger charge is -2.14. The topological polar surface area (TPSA) is 78.9 Å². The number of rotatable bonds is 2. The first-order valence-electron chi connectivity index (χ1n) is 7.62. The smallest absolute Gasteiger partial charge is 0.261 e. The van der Waals surface area contributed by atoms with E-state index in [1.807, 2.05) is 13.0 Å². The third kappa shape index (κ3) is 2.57. The van der Waals surface area contributed by atoms with Crippen molar-refractivity contribution in [1.82, 2.24) is 9.55 Å². The lowest BCUT2D eigenvalue weighted by Crippen LogP contribution is -2.21. The molecule has 0 bridgehead atoms. The van der Waals surface area contributed by atoms with Gasteiger partial charge in [-0.15, -0.1) is 0 Å². The van der Waals surface area contributed by atoms with Crippen molar-refractivity contribution < 1.29 is 5.11 Å². The minimum absolute atomic E-state index is 0.162. The van der Waals surface area contributed by atoms with Crippen molar-refractivity contribution in [2.75, 3.05) is 0 Å². The Morgan fingerprint density at radius 1 is 1.25 bits per heavy atom. The van der Waals surface area contributed by atoms with Gasteiger partial charge in [-0.25, -0.2) is 4.98 Å². The van der Waals surface area contributed by atoms with Gasteiger partial charge < -0.3 is 5.11 Å². The molecule has 0 aliphatic carbocycles. The van der Waals surface area contributed by atoms with Crippen molar-refractivity contribution >= 4 is 10.9 Å². The van der Waals surface area contributed by atoms with E-state index in [2.05, 4.69) is 11.1 Å². The molecule has 1 heterocycles. The summed E-state index contributed by atoms with van der Waals surface area (Å²) in [6.07, 6.45) is -0.721. The Hall–Kier alpha value is -2.97. The van der Waals surface area contributed by atoms with Crippen molar-refractivity contribution in [2.45, 2.75) is 20.0 Å². The monoisotopic (exact) mass is 319 g/mol. The summed E-state index contributed by atoms with van der Waals surface area (Å²) in [5, 5.41) is 19.5. The van der Waals surface area contributed by atoms with Crippen LogP contribution in [0.3, 0.4) is 0 Å². The van der Waals surface area contributed by atoms with Crippen LogP contribution in [0, 0.1) is 18.3 Å². The molecule has 0 saturated carbocycles. The molecule has 120 valence electrons. The van der Waals surface area contributed by atoms with Crippen LogP contribution < -0.4 is 5.56 Å². The number of fused-ring (bicyclic) bond motifs is 1. The van der Waals surface area contributed by atoms with E-state index in [0.717, 1.165) is 11.1 Å². The molecular formula is C19H17N3O2. The van der Waals surface area contributed by atoms with Crippen molar-refractivity contribution in [3.8, 4) is 17.5 Å². The van der Waals surface area contributed by atoms with Crippen molar-refractivity contribution in [1.29, 1.82) is 5.26 Å². The van der Waals surface area contributed by atoms with Gasteiger partial charge in [-0.3, -0.25) is 9.36 Å². The fraction of sp³-hybridized carbons (Fsp3) is 0.211. The second-order valence-electron chi connectivity index (χ2n) is 5.92. The van der Waals surface area contributed by atoms with E-state index >= 15 is 0 Å². The molecule has 0 amide bonds. The summed E-state index contributed by atoms with van der Waals surface area (Å²) in [4.78, 5) is 17.4. The highest BCUT2D eigenvalue weighted by atomic mass is 16.3. The summed E-state index contributed by atoms with van der Waals surface area (Å²) in [5.41, 5.74) is 3.18. The maximum atomic E-state index is 12.8. The maximum absolute atomic E-state index is 12.8. The van der Waals surface area contributed by atoms with Gasteiger partial charge in [-0.05, 0) is 49.7 Å². The SMILES string of the molecule is Cc1cc(C(C)O)c2nc(-c3ccc(C#N)cc3)n(C)c(=O)c2c1. The van der Waals surface area contributed by atoms with Gasteiger partial charge in [0.1, 0.15) is 5.82 Å². The molecule has 0 aliphatic rings. The average Bonchev–Trinajstić information content (AvgIpc) is 2.58. The van der Waals surface area contributed by atoms with Crippen LogP contribution in [0.5, 0.6) is 0 Å². The predicted molar refractivity (Wildman–Crippen MR) is 92.5 cm³/mol. The number of aromatic nitrogens is 2. The Bertz CT molecular complexity index is 1030. The molecule has 1 atom stereocenters. The molecule has 0 aliphatic heterocycles. The highest BCUT2D eigenvalue weighted by Gasteiger charge is 2.16. The summed E-state index contributed by atoms with van der Waals surface area (Å²) < 4.78 is 1.50. The fourth-order valence-electron chi connectivity index (χ4n) is 2.82. The van der Waals surface area contributed by atoms with Crippen LogP contribution in [0.1, 0.15) is 29.7 Å². The van der Waals surface area contributed by atoms with Crippen molar-refractivity contribution in [3.63, 3.8) is 0 Å². The zero-order valence-electron chi connectivity index (χ0n) is 13.7. The molecular weight excluding hydrogens is 302 g/mol. The molecule has 0 fully saturated rings. The van der Waals surface area contributed by atoms with Gasteiger partial charge in [-0.1, -0.05) is 6.07 Å². The van der Waals surface area contributed by atoms with Crippen LogP contribution in [0.2, 0.25) is 0 Å². The number of aliphatic hydroxyl groups excluding tert-OH is 1. The molecule has 5 heteroatoms. The van der Waals surface area contributed by atoms with Crippen molar-refractivity contribution in [3.05, 3.63) is 63.4 Å².